The van der Waals surface area contributed by atoms with Gasteiger partial charge in [0.1, 0.15) is 0 Å². The van der Waals surface area contributed by atoms with Crippen molar-refractivity contribution in [1.82, 2.24) is 20.4 Å². The minimum atomic E-state index is 0.349. The molecule has 0 bridgehead atoms. The zero-order valence-corrected chi connectivity index (χ0v) is 12.5. The molecule has 108 valence electrons. The molecule has 0 unspecified atom stereocenters. The summed E-state index contributed by atoms with van der Waals surface area (Å²) in [5.41, 5.74) is 3.56. The van der Waals surface area contributed by atoms with Gasteiger partial charge in [-0.1, -0.05) is 0 Å². The topological polar surface area (TPSA) is 53.2 Å². The lowest BCUT2D eigenvalue weighted by Crippen LogP contribution is -2.47. The SMILES string of the molecule is Cc1n[nH]c(C)c1CNCCN1C[C@@H](C)O[C@H](C)C1. The maximum absolute atomic E-state index is 5.74. The van der Waals surface area contributed by atoms with Gasteiger partial charge in [-0.15, -0.1) is 0 Å². The molecule has 1 fully saturated rings. The molecule has 5 nitrogen and oxygen atoms in total. The monoisotopic (exact) mass is 266 g/mol. The van der Waals surface area contributed by atoms with Crippen LogP contribution in [0.15, 0.2) is 0 Å². The first-order valence-corrected chi connectivity index (χ1v) is 7.15. The van der Waals surface area contributed by atoms with Gasteiger partial charge in [-0.3, -0.25) is 10.00 Å². The van der Waals surface area contributed by atoms with Gasteiger partial charge in [0.15, 0.2) is 0 Å². The maximum Gasteiger partial charge on any atom is 0.0678 e. The Morgan fingerprint density at radius 1 is 1.32 bits per heavy atom. The molecule has 2 atom stereocenters. The quantitative estimate of drug-likeness (QED) is 0.787. The molecule has 0 radical (unpaired) electrons. The highest BCUT2D eigenvalue weighted by Crippen LogP contribution is 2.10. The summed E-state index contributed by atoms with van der Waals surface area (Å²) in [5, 5.41) is 10.7. The fourth-order valence-corrected chi connectivity index (χ4v) is 2.75. The number of nitrogens with zero attached hydrogens (tertiary/aromatic N) is 2. The van der Waals surface area contributed by atoms with Crippen LogP contribution < -0.4 is 5.32 Å². The molecule has 19 heavy (non-hydrogen) atoms. The molecule has 0 aliphatic carbocycles. The Morgan fingerprint density at radius 2 is 2.00 bits per heavy atom. The third-order valence-corrected chi connectivity index (χ3v) is 3.68. The first-order chi connectivity index (χ1) is 9.06. The van der Waals surface area contributed by atoms with Crippen molar-refractivity contribution in [2.45, 2.75) is 46.4 Å². The predicted octanol–water partition coefficient (Wildman–Crippen LogP) is 1.23. The Balaban J connectivity index is 1.69. The van der Waals surface area contributed by atoms with Crippen LogP contribution in [-0.2, 0) is 11.3 Å². The summed E-state index contributed by atoms with van der Waals surface area (Å²) in [6.45, 7) is 13.5. The Morgan fingerprint density at radius 3 is 2.58 bits per heavy atom. The third kappa shape index (κ3) is 4.03. The van der Waals surface area contributed by atoms with E-state index < -0.39 is 0 Å². The van der Waals surface area contributed by atoms with Crippen LogP contribution >= 0.6 is 0 Å². The van der Waals surface area contributed by atoms with Gasteiger partial charge in [-0.05, 0) is 27.7 Å². The van der Waals surface area contributed by atoms with Gasteiger partial charge in [0.2, 0.25) is 0 Å². The number of H-pyrrole nitrogens is 1. The van der Waals surface area contributed by atoms with Crippen molar-refractivity contribution < 1.29 is 4.74 Å². The van der Waals surface area contributed by atoms with Crippen molar-refractivity contribution in [1.29, 1.82) is 0 Å². The molecule has 1 aliphatic heterocycles. The summed E-state index contributed by atoms with van der Waals surface area (Å²) in [4.78, 5) is 2.47. The molecule has 1 aliphatic rings. The normalized spacial score (nSPS) is 24.8. The summed E-state index contributed by atoms with van der Waals surface area (Å²) in [6.07, 6.45) is 0.698. The van der Waals surface area contributed by atoms with Crippen molar-refractivity contribution in [3.8, 4) is 0 Å². The average Bonchev–Trinajstić information content (AvgIpc) is 2.64. The van der Waals surface area contributed by atoms with Crippen LogP contribution in [0.1, 0.15) is 30.8 Å². The number of rotatable bonds is 5. The second kappa shape index (κ2) is 6.50. The number of aromatic nitrogens is 2. The second-order valence-corrected chi connectivity index (χ2v) is 5.61. The second-order valence-electron chi connectivity index (χ2n) is 5.61. The summed E-state index contributed by atoms with van der Waals surface area (Å²) in [6, 6.07) is 0. The summed E-state index contributed by atoms with van der Waals surface area (Å²) >= 11 is 0. The number of nitrogens with one attached hydrogen (secondary N) is 2. The van der Waals surface area contributed by atoms with Crippen molar-refractivity contribution in [3.63, 3.8) is 0 Å². The van der Waals surface area contributed by atoms with E-state index in [4.69, 9.17) is 4.74 Å². The van der Waals surface area contributed by atoms with Crippen molar-refractivity contribution >= 4 is 0 Å². The summed E-state index contributed by atoms with van der Waals surface area (Å²) < 4.78 is 5.74. The van der Waals surface area contributed by atoms with Crippen LogP contribution in [0.25, 0.3) is 0 Å². The van der Waals surface area contributed by atoms with E-state index in [1.54, 1.807) is 0 Å². The fourth-order valence-electron chi connectivity index (χ4n) is 2.75. The van der Waals surface area contributed by atoms with E-state index in [1.165, 1.54) is 11.3 Å². The molecule has 2 N–H and O–H groups in total. The molecule has 5 heteroatoms. The Labute approximate surface area is 115 Å². The van der Waals surface area contributed by atoms with Gasteiger partial charge in [-0.25, -0.2) is 0 Å². The predicted molar refractivity (Wildman–Crippen MR) is 76.2 cm³/mol. The number of aryl methyl sites for hydroxylation is 2. The van der Waals surface area contributed by atoms with E-state index in [9.17, 15) is 0 Å². The van der Waals surface area contributed by atoms with Crippen LogP contribution in [0.4, 0.5) is 0 Å². The van der Waals surface area contributed by atoms with E-state index in [1.807, 2.05) is 6.92 Å². The van der Waals surface area contributed by atoms with Crippen LogP contribution in [0, 0.1) is 13.8 Å². The molecule has 0 saturated carbocycles. The van der Waals surface area contributed by atoms with Crippen LogP contribution in [0.5, 0.6) is 0 Å². The molecule has 0 amide bonds. The lowest BCUT2D eigenvalue weighted by Gasteiger charge is -2.35. The van der Waals surface area contributed by atoms with Gasteiger partial charge in [-0.2, -0.15) is 5.10 Å². The van der Waals surface area contributed by atoms with Gasteiger partial charge >= 0.3 is 0 Å². The first kappa shape index (κ1) is 14.5. The third-order valence-electron chi connectivity index (χ3n) is 3.68. The molecular weight excluding hydrogens is 240 g/mol. The van der Waals surface area contributed by atoms with Crippen LogP contribution in [0.2, 0.25) is 0 Å². The smallest absolute Gasteiger partial charge is 0.0678 e. The van der Waals surface area contributed by atoms with Gasteiger partial charge < -0.3 is 10.1 Å². The Bertz CT molecular complexity index is 375. The van der Waals surface area contributed by atoms with E-state index in [-0.39, 0.29) is 0 Å². The molecule has 2 rings (SSSR count). The minimum Gasteiger partial charge on any atom is -0.373 e. The van der Waals surface area contributed by atoms with Gasteiger partial charge in [0.25, 0.3) is 0 Å². The zero-order valence-electron chi connectivity index (χ0n) is 12.5. The largest absolute Gasteiger partial charge is 0.373 e. The highest BCUT2D eigenvalue weighted by atomic mass is 16.5. The molecule has 2 heterocycles. The Hall–Kier alpha value is -0.910. The molecular formula is C14H26N4O. The summed E-state index contributed by atoms with van der Waals surface area (Å²) in [5.74, 6) is 0. The molecule has 1 aromatic rings. The summed E-state index contributed by atoms with van der Waals surface area (Å²) in [7, 11) is 0. The van der Waals surface area contributed by atoms with Crippen molar-refractivity contribution in [3.05, 3.63) is 17.0 Å². The van der Waals surface area contributed by atoms with E-state index in [0.717, 1.165) is 38.4 Å². The lowest BCUT2D eigenvalue weighted by atomic mass is 10.2. The molecule has 1 aromatic heterocycles. The van der Waals surface area contributed by atoms with E-state index >= 15 is 0 Å². The fraction of sp³-hybridized carbons (Fsp3) is 0.786. The molecule has 0 aromatic carbocycles. The minimum absolute atomic E-state index is 0.349. The molecule has 0 spiro atoms. The van der Waals surface area contributed by atoms with Crippen LogP contribution in [-0.4, -0.2) is 53.5 Å². The number of aromatic amines is 1. The van der Waals surface area contributed by atoms with Crippen molar-refractivity contribution in [2.24, 2.45) is 0 Å². The van der Waals surface area contributed by atoms with Crippen molar-refractivity contribution in [2.75, 3.05) is 26.2 Å². The van der Waals surface area contributed by atoms with Gasteiger partial charge in [0, 0.05) is 44.0 Å². The highest BCUT2D eigenvalue weighted by Gasteiger charge is 2.21. The highest BCUT2D eigenvalue weighted by molar-refractivity contribution is 5.22. The Kier molecular flexibility index (Phi) is 4.96. The number of ether oxygens (including phenoxy) is 1. The molecule has 1 saturated heterocycles. The lowest BCUT2D eigenvalue weighted by molar-refractivity contribution is -0.0674. The zero-order chi connectivity index (χ0) is 13.8. The number of hydrogen-bond donors (Lipinski definition) is 2. The standard InChI is InChI=1S/C14H26N4O/c1-10-8-18(9-11(2)19-10)6-5-15-7-14-12(3)16-17-13(14)4/h10-11,15H,5-9H2,1-4H3,(H,16,17)/t10-,11-/m1/s1. The van der Waals surface area contributed by atoms with Crippen LogP contribution in [0.3, 0.4) is 0 Å². The number of morpholine rings is 1. The maximum atomic E-state index is 5.74. The average molecular weight is 266 g/mol. The first-order valence-electron chi connectivity index (χ1n) is 7.15. The van der Waals surface area contributed by atoms with Gasteiger partial charge in [0.05, 0.1) is 17.9 Å². The van der Waals surface area contributed by atoms with E-state index in [2.05, 4.69) is 41.2 Å². The number of hydrogen-bond acceptors (Lipinski definition) is 4. The van der Waals surface area contributed by atoms with E-state index in [0.29, 0.717) is 12.2 Å².